The molecule has 0 unspecified atom stereocenters. The summed E-state index contributed by atoms with van der Waals surface area (Å²) in [7, 11) is -2.63. The van der Waals surface area contributed by atoms with E-state index in [-0.39, 0.29) is 26.8 Å². The fraction of sp³-hybridized carbons (Fsp3) is 0.0667. The van der Waals surface area contributed by atoms with Crippen LogP contribution in [0.25, 0.3) is 11.1 Å². The highest BCUT2D eigenvalue weighted by Gasteiger charge is 2.20. The molecule has 0 fully saturated rings. The van der Waals surface area contributed by atoms with Crippen LogP contribution in [-0.4, -0.2) is 24.1 Å². The van der Waals surface area contributed by atoms with E-state index in [1.165, 1.54) is 48.0 Å². The number of carboxylic acid groups (broad SMARTS) is 1. The van der Waals surface area contributed by atoms with Crippen molar-refractivity contribution in [3.63, 3.8) is 0 Å². The molecule has 0 aliphatic rings. The van der Waals surface area contributed by atoms with E-state index in [0.29, 0.717) is 5.52 Å². The van der Waals surface area contributed by atoms with Crippen LogP contribution >= 0.6 is 11.6 Å². The van der Waals surface area contributed by atoms with Crippen molar-refractivity contribution >= 4 is 44.4 Å². The number of benzene rings is 2. The highest BCUT2D eigenvalue weighted by molar-refractivity contribution is 7.92. The van der Waals surface area contributed by atoms with Crippen LogP contribution in [0.4, 0.5) is 5.69 Å². The Labute approximate surface area is 146 Å². The number of fused-ring (bicyclic) bond motifs is 1. The number of aromatic nitrogens is 1. The lowest BCUT2D eigenvalue weighted by Gasteiger charge is -2.11. The number of oxazole rings is 1. The minimum Gasteiger partial charge on any atom is -0.478 e. The molecule has 0 atom stereocenters. The lowest BCUT2D eigenvalue weighted by Crippen LogP contribution is -2.15. The first-order chi connectivity index (χ1) is 11.7. The zero-order chi connectivity index (χ0) is 18.4. The number of hydrogen-bond acceptors (Lipinski definition) is 5. The first-order valence-corrected chi connectivity index (χ1v) is 8.70. The largest absolute Gasteiger partial charge is 0.478 e. The van der Waals surface area contributed by atoms with Gasteiger partial charge in [0.2, 0.25) is 0 Å². The molecule has 2 aromatic carbocycles. The van der Waals surface area contributed by atoms with Crippen molar-refractivity contribution in [3.8, 4) is 0 Å². The van der Waals surface area contributed by atoms with Gasteiger partial charge in [0.15, 0.2) is 5.58 Å². The number of aromatic carboxylic acids is 1. The summed E-state index contributed by atoms with van der Waals surface area (Å²) in [5, 5.41) is 9.34. The van der Waals surface area contributed by atoms with Crippen LogP contribution in [0.15, 0.2) is 50.5 Å². The van der Waals surface area contributed by atoms with E-state index in [2.05, 4.69) is 4.72 Å². The number of rotatable bonds is 4. The second-order valence-corrected chi connectivity index (χ2v) is 7.28. The van der Waals surface area contributed by atoms with Crippen molar-refractivity contribution in [1.82, 2.24) is 4.57 Å². The lowest BCUT2D eigenvalue weighted by molar-refractivity contribution is 0.0698. The van der Waals surface area contributed by atoms with E-state index in [1.54, 1.807) is 0 Å². The second kappa shape index (κ2) is 5.94. The molecule has 0 spiro atoms. The van der Waals surface area contributed by atoms with Crippen molar-refractivity contribution in [2.24, 2.45) is 7.05 Å². The zero-order valence-electron chi connectivity index (χ0n) is 12.7. The number of hydrogen-bond donors (Lipinski definition) is 2. The van der Waals surface area contributed by atoms with Gasteiger partial charge in [-0.05, 0) is 30.3 Å². The average Bonchev–Trinajstić information content (AvgIpc) is 2.81. The van der Waals surface area contributed by atoms with Crippen LogP contribution < -0.4 is 10.5 Å². The molecule has 0 bridgehead atoms. The van der Waals surface area contributed by atoms with Crippen molar-refractivity contribution in [2.45, 2.75) is 4.90 Å². The van der Waals surface area contributed by atoms with Gasteiger partial charge >= 0.3 is 11.7 Å². The fourth-order valence-corrected chi connectivity index (χ4v) is 3.53. The molecule has 0 saturated heterocycles. The Bertz CT molecular complexity index is 1160. The fourth-order valence-electron chi connectivity index (χ4n) is 2.27. The van der Waals surface area contributed by atoms with Crippen LogP contribution in [0.3, 0.4) is 0 Å². The standard InChI is InChI=1S/C15H11ClN2O6S/c1-18-12-5-3-9(7-13(12)24-15(18)21)25(22,23)17-11-6-8(16)2-4-10(11)14(19)20/h2-7,17H,1H3,(H,19,20). The minimum atomic E-state index is -4.12. The van der Waals surface area contributed by atoms with Crippen LogP contribution in [0, 0.1) is 0 Å². The second-order valence-electron chi connectivity index (χ2n) is 5.16. The van der Waals surface area contributed by atoms with Crippen molar-refractivity contribution in [3.05, 3.63) is 57.5 Å². The van der Waals surface area contributed by atoms with Crippen molar-refractivity contribution in [2.75, 3.05) is 4.72 Å². The molecule has 0 amide bonds. The van der Waals surface area contributed by atoms with Gasteiger partial charge in [-0.25, -0.2) is 18.0 Å². The third kappa shape index (κ3) is 3.11. The number of carbonyl (C=O) groups is 1. The van der Waals surface area contributed by atoms with Crippen LogP contribution in [0.1, 0.15) is 10.4 Å². The van der Waals surface area contributed by atoms with Crippen molar-refractivity contribution < 1.29 is 22.7 Å². The minimum absolute atomic E-state index is 0.0972. The molecule has 1 aromatic heterocycles. The Morgan fingerprint density at radius 2 is 1.96 bits per heavy atom. The molecule has 8 nitrogen and oxygen atoms in total. The zero-order valence-corrected chi connectivity index (χ0v) is 14.3. The smallest absolute Gasteiger partial charge is 0.419 e. The summed E-state index contributed by atoms with van der Waals surface area (Å²) in [6.07, 6.45) is 0. The predicted molar refractivity (Wildman–Crippen MR) is 90.7 cm³/mol. The Kier molecular flexibility index (Phi) is 4.05. The van der Waals surface area contributed by atoms with Gasteiger partial charge in [-0.15, -0.1) is 0 Å². The third-order valence-corrected chi connectivity index (χ3v) is 5.13. The Morgan fingerprint density at radius 1 is 1.24 bits per heavy atom. The van der Waals surface area contributed by atoms with Gasteiger partial charge in [-0.2, -0.15) is 0 Å². The van der Waals surface area contributed by atoms with E-state index >= 15 is 0 Å². The van der Waals surface area contributed by atoms with E-state index < -0.39 is 21.7 Å². The summed E-state index contributed by atoms with van der Waals surface area (Å²) in [5.74, 6) is -1.93. The molecule has 3 aromatic rings. The summed E-state index contributed by atoms with van der Waals surface area (Å²) in [6, 6.07) is 7.62. The molecule has 1 heterocycles. The maximum absolute atomic E-state index is 12.5. The van der Waals surface area contributed by atoms with Crippen LogP contribution in [0.2, 0.25) is 5.02 Å². The average molecular weight is 383 g/mol. The van der Waals surface area contributed by atoms with Gasteiger partial charge in [-0.3, -0.25) is 9.29 Å². The first-order valence-electron chi connectivity index (χ1n) is 6.84. The maximum Gasteiger partial charge on any atom is 0.419 e. The number of carboxylic acids is 1. The monoisotopic (exact) mass is 382 g/mol. The summed E-state index contributed by atoms with van der Waals surface area (Å²) in [6.45, 7) is 0. The molecule has 2 N–H and O–H groups in total. The van der Waals surface area contributed by atoms with E-state index in [4.69, 9.17) is 21.1 Å². The molecule has 0 radical (unpaired) electrons. The molecule has 3 rings (SSSR count). The van der Waals surface area contributed by atoms with Gasteiger partial charge in [0.05, 0.1) is 21.7 Å². The molecule has 0 saturated carbocycles. The number of anilines is 1. The van der Waals surface area contributed by atoms with Crippen LogP contribution in [-0.2, 0) is 17.1 Å². The van der Waals surface area contributed by atoms with E-state index in [1.807, 2.05) is 0 Å². The molecule has 25 heavy (non-hydrogen) atoms. The third-order valence-electron chi connectivity index (χ3n) is 3.53. The van der Waals surface area contributed by atoms with Gasteiger partial charge in [0, 0.05) is 18.1 Å². The SMILES string of the molecule is Cn1c(=O)oc2cc(S(=O)(=O)Nc3cc(Cl)ccc3C(=O)O)ccc21. The predicted octanol–water partition coefficient (Wildman–Crippen LogP) is 2.28. The highest BCUT2D eigenvalue weighted by Crippen LogP contribution is 2.25. The summed E-state index contributed by atoms with van der Waals surface area (Å²) < 4.78 is 33.5. The number of halogens is 1. The topological polar surface area (TPSA) is 119 Å². The number of aryl methyl sites for hydroxylation is 1. The van der Waals surface area contributed by atoms with Crippen molar-refractivity contribution in [1.29, 1.82) is 0 Å². The molecule has 0 aliphatic heterocycles. The van der Waals surface area contributed by atoms with E-state index in [9.17, 15) is 18.0 Å². The van der Waals surface area contributed by atoms with Gasteiger partial charge in [0.25, 0.3) is 10.0 Å². The lowest BCUT2D eigenvalue weighted by atomic mass is 10.2. The number of nitrogens with one attached hydrogen (secondary N) is 1. The van der Waals surface area contributed by atoms with Crippen LogP contribution in [0.5, 0.6) is 0 Å². The number of nitrogens with zero attached hydrogens (tertiary/aromatic N) is 1. The summed E-state index contributed by atoms with van der Waals surface area (Å²) in [4.78, 5) is 22.5. The summed E-state index contributed by atoms with van der Waals surface area (Å²) in [5.41, 5.74) is 0.104. The summed E-state index contributed by atoms with van der Waals surface area (Å²) >= 11 is 5.81. The molecular weight excluding hydrogens is 372 g/mol. The molecule has 10 heteroatoms. The normalized spacial score (nSPS) is 11.6. The Hall–Kier alpha value is -2.78. The molecule has 130 valence electrons. The quantitative estimate of drug-likeness (QED) is 0.714. The van der Waals surface area contributed by atoms with E-state index in [0.717, 1.165) is 0 Å². The Balaban J connectivity index is 2.07. The molecule has 0 aliphatic carbocycles. The highest BCUT2D eigenvalue weighted by atomic mass is 35.5. The van der Waals surface area contributed by atoms with Gasteiger partial charge in [-0.1, -0.05) is 11.6 Å². The maximum atomic E-state index is 12.5. The van der Waals surface area contributed by atoms with Gasteiger partial charge < -0.3 is 9.52 Å². The molecular formula is C15H11ClN2O6S. The first kappa shape index (κ1) is 17.1. The Morgan fingerprint density at radius 3 is 2.64 bits per heavy atom. The van der Waals surface area contributed by atoms with Gasteiger partial charge in [0.1, 0.15) is 0 Å². The number of sulfonamides is 1.